The summed E-state index contributed by atoms with van der Waals surface area (Å²) in [5.41, 5.74) is 8.54. The highest BCUT2D eigenvalue weighted by Crippen LogP contribution is 2.33. The van der Waals surface area contributed by atoms with Crippen molar-refractivity contribution in [2.45, 2.75) is 25.8 Å². The molecule has 0 bridgehead atoms. The summed E-state index contributed by atoms with van der Waals surface area (Å²) in [6.07, 6.45) is 0. The summed E-state index contributed by atoms with van der Waals surface area (Å²) < 4.78 is 4.98. The van der Waals surface area contributed by atoms with Crippen LogP contribution in [0.1, 0.15) is 35.9 Å². The third-order valence-electron chi connectivity index (χ3n) is 3.91. The topological polar surface area (TPSA) is 84.9 Å². The molecule has 5 nitrogen and oxygen atoms in total. The summed E-state index contributed by atoms with van der Waals surface area (Å²) in [4.78, 5) is 11.1. The van der Waals surface area contributed by atoms with Crippen LogP contribution in [-0.2, 0) is 0 Å². The van der Waals surface area contributed by atoms with Crippen molar-refractivity contribution in [2.75, 3.05) is 0 Å². The van der Waals surface area contributed by atoms with Gasteiger partial charge < -0.3 is 10.2 Å². The second kappa shape index (κ2) is 5.18. The molecule has 21 heavy (non-hydrogen) atoms. The number of nitrogens with two attached hydrogens (primary N) is 1. The standard InChI is InChI=1S/C16H17N3O2/c1-9-5-3-6-11-7-4-8-12(13(9)11)10(2)14(17)15-18-19-16(20)21-15/h3-8,10,14H,17H2,1-2H3,(H,19,20)/t10-,14+/m1/s1. The quantitative estimate of drug-likeness (QED) is 0.773. The number of fused-ring (bicyclic) bond motifs is 1. The molecule has 1 heterocycles. The molecule has 3 N–H and O–H groups in total. The lowest BCUT2D eigenvalue weighted by atomic mass is 9.88. The fourth-order valence-electron chi connectivity index (χ4n) is 2.73. The van der Waals surface area contributed by atoms with Gasteiger partial charge in [0.1, 0.15) is 0 Å². The molecule has 5 heteroatoms. The molecule has 0 amide bonds. The molecule has 108 valence electrons. The second-order valence-corrected chi connectivity index (χ2v) is 5.29. The molecular formula is C16H17N3O2. The van der Waals surface area contributed by atoms with Gasteiger partial charge in [-0.05, 0) is 28.8 Å². The van der Waals surface area contributed by atoms with Crippen molar-refractivity contribution in [1.29, 1.82) is 0 Å². The van der Waals surface area contributed by atoms with Crippen LogP contribution in [0.4, 0.5) is 0 Å². The average Bonchev–Trinajstić information content (AvgIpc) is 2.92. The van der Waals surface area contributed by atoms with Crippen LogP contribution in [-0.4, -0.2) is 10.2 Å². The maximum absolute atomic E-state index is 11.1. The Bertz CT molecular complexity index is 829. The van der Waals surface area contributed by atoms with E-state index in [2.05, 4.69) is 41.4 Å². The van der Waals surface area contributed by atoms with E-state index in [1.54, 1.807) is 0 Å². The highest BCUT2D eigenvalue weighted by molar-refractivity contribution is 5.89. The summed E-state index contributed by atoms with van der Waals surface area (Å²) in [5.74, 6) is -0.374. The Balaban J connectivity index is 2.09. The average molecular weight is 283 g/mol. The predicted octanol–water partition coefficient (Wildman–Crippen LogP) is 2.63. The molecule has 0 fully saturated rings. The van der Waals surface area contributed by atoms with Crippen LogP contribution >= 0.6 is 0 Å². The van der Waals surface area contributed by atoms with Gasteiger partial charge in [-0.15, -0.1) is 5.10 Å². The maximum atomic E-state index is 11.1. The maximum Gasteiger partial charge on any atom is 0.434 e. The predicted molar refractivity (Wildman–Crippen MR) is 81.2 cm³/mol. The summed E-state index contributed by atoms with van der Waals surface area (Å²) in [7, 11) is 0. The van der Waals surface area contributed by atoms with Crippen LogP contribution in [0, 0.1) is 6.92 Å². The molecule has 0 aliphatic rings. The SMILES string of the molecule is Cc1cccc2cccc([C@@H](C)[C@H](N)c3n[nH]c(=O)o3)c12. The molecule has 0 unspecified atom stereocenters. The normalized spacial score (nSPS) is 14.2. The van der Waals surface area contributed by atoms with Crippen LogP contribution in [0.15, 0.2) is 45.6 Å². The van der Waals surface area contributed by atoms with Crippen molar-refractivity contribution in [3.63, 3.8) is 0 Å². The van der Waals surface area contributed by atoms with Crippen molar-refractivity contribution < 1.29 is 4.42 Å². The molecule has 3 rings (SSSR count). The Morgan fingerprint density at radius 1 is 1.24 bits per heavy atom. The highest BCUT2D eigenvalue weighted by Gasteiger charge is 2.23. The molecular weight excluding hydrogens is 266 g/mol. The molecule has 0 aliphatic heterocycles. The fraction of sp³-hybridized carbons (Fsp3) is 0.250. The Morgan fingerprint density at radius 3 is 2.62 bits per heavy atom. The largest absolute Gasteiger partial charge is 0.434 e. The van der Waals surface area contributed by atoms with E-state index in [0.29, 0.717) is 0 Å². The summed E-state index contributed by atoms with van der Waals surface area (Å²) >= 11 is 0. The summed E-state index contributed by atoms with van der Waals surface area (Å²) in [6, 6.07) is 11.9. The number of nitrogens with zero attached hydrogens (tertiary/aromatic N) is 1. The van der Waals surface area contributed by atoms with Gasteiger partial charge in [-0.3, -0.25) is 0 Å². The number of rotatable bonds is 3. The smallest absolute Gasteiger partial charge is 0.391 e. The second-order valence-electron chi connectivity index (χ2n) is 5.29. The Labute approximate surface area is 121 Å². The number of aromatic nitrogens is 2. The van der Waals surface area contributed by atoms with Crippen molar-refractivity contribution in [1.82, 2.24) is 10.2 Å². The number of benzene rings is 2. The van der Waals surface area contributed by atoms with E-state index in [1.807, 2.05) is 19.1 Å². The fourth-order valence-corrected chi connectivity index (χ4v) is 2.73. The van der Waals surface area contributed by atoms with Gasteiger partial charge in [0, 0.05) is 5.92 Å². The molecule has 1 aromatic heterocycles. The monoisotopic (exact) mass is 283 g/mol. The number of aromatic amines is 1. The molecule has 2 aromatic carbocycles. The van der Waals surface area contributed by atoms with Gasteiger partial charge in [-0.2, -0.15) is 0 Å². The van der Waals surface area contributed by atoms with Crippen LogP contribution in [0.2, 0.25) is 0 Å². The van der Waals surface area contributed by atoms with E-state index in [9.17, 15) is 4.79 Å². The van der Waals surface area contributed by atoms with Crippen LogP contribution < -0.4 is 11.5 Å². The van der Waals surface area contributed by atoms with Gasteiger partial charge in [-0.1, -0.05) is 43.3 Å². The number of hydrogen-bond acceptors (Lipinski definition) is 4. The zero-order chi connectivity index (χ0) is 15.0. The Hall–Kier alpha value is -2.40. The molecule has 0 saturated carbocycles. The highest BCUT2D eigenvalue weighted by atomic mass is 16.4. The van der Waals surface area contributed by atoms with E-state index in [4.69, 9.17) is 10.2 Å². The van der Waals surface area contributed by atoms with E-state index >= 15 is 0 Å². The van der Waals surface area contributed by atoms with Gasteiger partial charge in [-0.25, -0.2) is 9.89 Å². The van der Waals surface area contributed by atoms with E-state index in [1.165, 1.54) is 16.3 Å². The third-order valence-corrected chi connectivity index (χ3v) is 3.91. The zero-order valence-electron chi connectivity index (χ0n) is 12.0. The first kappa shape index (κ1) is 13.6. The lowest BCUT2D eigenvalue weighted by Gasteiger charge is -2.20. The minimum Gasteiger partial charge on any atom is -0.391 e. The lowest BCUT2D eigenvalue weighted by molar-refractivity contribution is 0.402. The lowest BCUT2D eigenvalue weighted by Crippen LogP contribution is -2.18. The van der Waals surface area contributed by atoms with Gasteiger partial charge in [0.15, 0.2) is 0 Å². The minimum absolute atomic E-state index is 0.0266. The first-order valence-corrected chi connectivity index (χ1v) is 6.87. The number of nitrogens with one attached hydrogen (secondary N) is 1. The number of hydrogen-bond donors (Lipinski definition) is 2. The first-order chi connectivity index (χ1) is 10.1. The van der Waals surface area contributed by atoms with Gasteiger partial charge in [0.25, 0.3) is 0 Å². The van der Waals surface area contributed by atoms with Crippen molar-refractivity contribution in [2.24, 2.45) is 5.73 Å². The molecule has 0 aliphatic carbocycles. The molecule has 2 atom stereocenters. The van der Waals surface area contributed by atoms with Crippen LogP contribution in [0.5, 0.6) is 0 Å². The minimum atomic E-state index is -0.582. The van der Waals surface area contributed by atoms with Gasteiger partial charge >= 0.3 is 5.76 Å². The number of H-pyrrole nitrogens is 1. The van der Waals surface area contributed by atoms with Crippen LogP contribution in [0.3, 0.4) is 0 Å². The molecule has 0 saturated heterocycles. The zero-order valence-corrected chi connectivity index (χ0v) is 12.0. The van der Waals surface area contributed by atoms with Crippen molar-refractivity contribution >= 4 is 10.8 Å². The first-order valence-electron chi connectivity index (χ1n) is 6.87. The Morgan fingerprint density at radius 2 is 1.95 bits per heavy atom. The van der Waals surface area contributed by atoms with Crippen LogP contribution in [0.25, 0.3) is 10.8 Å². The van der Waals surface area contributed by atoms with Gasteiger partial charge in [0.2, 0.25) is 5.89 Å². The Kier molecular flexibility index (Phi) is 3.35. The molecule has 0 spiro atoms. The van der Waals surface area contributed by atoms with Crippen molar-refractivity contribution in [3.05, 3.63) is 64.0 Å². The molecule has 3 aromatic rings. The van der Waals surface area contributed by atoms with E-state index < -0.39 is 11.8 Å². The van der Waals surface area contributed by atoms with Gasteiger partial charge in [0.05, 0.1) is 6.04 Å². The molecule has 0 radical (unpaired) electrons. The number of aryl methyl sites for hydroxylation is 1. The van der Waals surface area contributed by atoms with E-state index in [-0.39, 0.29) is 11.8 Å². The van der Waals surface area contributed by atoms with Crippen molar-refractivity contribution in [3.8, 4) is 0 Å². The van der Waals surface area contributed by atoms with E-state index in [0.717, 1.165) is 5.56 Å². The third kappa shape index (κ3) is 2.36. The summed E-state index contributed by atoms with van der Waals surface area (Å²) in [5, 5.41) is 8.46. The summed E-state index contributed by atoms with van der Waals surface area (Å²) in [6.45, 7) is 4.10.